The Morgan fingerprint density at radius 2 is 2.12 bits per heavy atom. The first kappa shape index (κ1) is 17.8. The fourth-order valence-electron chi connectivity index (χ4n) is 3.02. The third kappa shape index (κ3) is 3.65. The molecular weight excluding hydrogens is 394 g/mol. The highest BCUT2D eigenvalue weighted by atomic mass is 79.9. The molecule has 0 bridgehead atoms. The average molecular weight is 414 g/mol. The molecule has 0 spiro atoms. The molecule has 0 aliphatic carbocycles. The Morgan fingerprint density at radius 3 is 2.76 bits per heavy atom. The number of anilines is 1. The minimum atomic E-state index is -0.536. The zero-order valence-electron chi connectivity index (χ0n) is 14.3. The first-order chi connectivity index (χ1) is 11.7. The number of nitrogens with zero attached hydrogens (tertiary/aromatic N) is 3. The number of non-ortho nitro benzene ring substituents is 1. The molecule has 1 saturated heterocycles. The topological polar surface area (TPSA) is 85.2 Å². The minimum Gasteiger partial charge on any atom is -0.489 e. The van der Waals surface area contributed by atoms with E-state index in [1.54, 1.807) is 4.90 Å². The van der Waals surface area contributed by atoms with Crippen LogP contribution in [-0.4, -0.2) is 53.8 Å². The van der Waals surface area contributed by atoms with Crippen molar-refractivity contribution in [3.05, 3.63) is 26.7 Å². The predicted octanol–water partition coefficient (Wildman–Crippen LogP) is 3.18. The number of benzene rings is 1. The largest absolute Gasteiger partial charge is 0.489 e. The molecule has 0 aromatic heterocycles. The number of carbonyl (C=O) groups is 1. The summed E-state index contributed by atoms with van der Waals surface area (Å²) in [7, 11) is 0. The van der Waals surface area contributed by atoms with Crippen LogP contribution in [0.2, 0.25) is 0 Å². The second-order valence-corrected chi connectivity index (χ2v) is 7.97. The lowest BCUT2D eigenvalue weighted by molar-refractivity contribution is -0.385. The number of ether oxygens (including phenoxy) is 2. The van der Waals surface area contributed by atoms with Gasteiger partial charge in [-0.2, -0.15) is 0 Å². The van der Waals surface area contributed by atoms with Crippen LogP contribution < -0.4 is 9.64 Å². The minimum absolute atomic E-state index is 0.0172. The van der Waals surface area contributed by atoms with E-state index in [9.17, 15) is 14.9 Å². The molecule has 9 heteroatoms. The SMILES string of the molecule is CC(C)(C)OC(=O)N1CCN2c3c(Br)cc([N+](=O)[O-])cc3OC[C@H]2C1. The highest BCUT2D eigenvalue weighted by Crippen LogP contribution is 2.43. The number of rotatable bonds is 1. The van der Waals surface area contributed by atoms with Crippen molar-refractivity contribution in [1.82, 2.24) is 4.90 Å². The van der Waals surface area contributed by atoms with E-state index in [1.165, 1.54) is 12.1 Å². The van der Waals surface area contributed by atoms with Crippen molar-refractivity contribution in [2.45, 2.75) is 32.4 Å². The van der Waals surface area contributed by atoms with Crippen LogP contribution in [0.4, 0.5) is 16.2 Å². The number of piperazine rings is 1. The van der Waals surface area contributed by atoms with Gasteiger partial charge in [0.25, 0.3) is 5.69 Å². The normalized spacial score (nSPS) is 19.6. The van der Waals surface area contributed by atoms with Crippen LogP contribution in [0.15, 0.2) is 16.6 Å². The van der Waals surface area contributed by atoms with Gasteiger partial charge >= 0.3 is 6.09 Å². The summed E-state index contributed by atoms with van der Waals surface area (Å²) < 4.78 is 11.8. The van der Waals surface area contributed by atoms with Gasteiger partial charge in [-0.3, -0.25) is 10.1 Å². The second-order valence-electron chi connectivity index (χ2n) is 7.12. The van der Waals surface area contributed by atoms with E-state index in [-0.39, 0.29) is 17.8 Å². The summed E-state index contributed by atoms with van der Waals surface area (Å²) >= 11 is 3.42. The third-order valence-corrected chi connectivity index (χ3v) is 4.68. The molecule has 25 heavy (non-hydrogen) atoms. The van der Waals surface area contributed by atoms with Crippen LogP contribution in [0.5, 0.6) is 5.75 Å². The molecule has 0 radical (unpaired) electrons. The summed E-state index contributed by atoms with van der Waals surface area (Å²) in [5.74, 6) is 0.489. The first-order valence-electron chi connectivity index (χ1n) is 8.01. The first-order valence-corrected chi connectivity index (χ1v) is 8.80. The molecular formula is C16H20BrN3O5. The van der Waals surface area contributed by atoms with E-state index in [0.717, 1.165) is 5.69 Å². The van der Waals surface area contributed by atoms with Gasteiger partial charge in [0.2, 0.25) is 0 Å². The van der Waals surface area contributed by atoms with Crippen molar-refractivity contribution >= 4 is 33.4 Å². The van der Waals surface area contributed by atoms with Crippen LogP contribution >= 0.6 is 15.9 Å². The van der Waals surface area contributed by atoms with Gasteiger partial charge in [0.15, 0.2) is 5.75 Å². The standard InChI is InChI=1S/C16H20BrN3O5/c1-16(2,3)25-15(21)18-4-5-19-11(8-18)9-24-13-7-10(20(22)23)6-12(17)14(13)19/h6-7,11H,4-5,8-9H2,1-3H3/t11-/m1/s1. The molecule has 3 rings (SSSR count). The lowest BCUT2D eigenvalue weighted by Gasteiger charge is -2.45. The Hall–Kier alpha value is -2.03. The van der Waals surface area contributed by atoms with Crippen molar-refractivity contribution < 1.29 is 19.2 Å². The number of hydrogen-bond donors (Lipinski definition) is 0. The molecule has 136 valence electrons. The number of carbonyl (C=O) groups excluding carboxylic acids is 1. The second kappa shape index (κ2) is 6.36. The van der Waals surface area contributed by atoms with E-state index >= 15 is 0 Å². The predicted molar refractivity (Wildman–Crippen MR) is 95.2 cm³/mol. The fourth-order valence-corrected chi connectivity index (χ4v) is 3.68. The highest BCUT2D eigenvalue weighted by Gasteiger charge is 2.37. The van der Waals surface area contributed by atoms with E-state index in [0.29, 0.717) is 36.5 Å². The fraction of sp³-hybridized carbons (Fsp3) is 0.562. The zero-order valence-corrected chi connectivity index (χ0v) is 15.9. The van der Waals surface area contributed by atoms with Crippen LogP contribution in [0.3, 0.4) is 0 Å². The average Bonchev–Trinajstić information content (AvgIpc) is 2.51. The van der Waals surface area contributed by atoms with Crippen LogP contribution in [0.25, 0.3) is 0 Å². The number of hydrogen-bond acceptors (Lipinski definition) is 6. The van der Waals surface area contributed by atoms with Crippen LogP contribution in [0.1, 0.15) is 20.8 Å². The van der Waals surface area contributed by atoms with E-state index in [1.807, 2.05) is 20.8 Å². The number of nitro groups is 1. The Balaban J connectivity index is 1.79. The summed E-state index contributed by atoms with van der Waals surface area (Å²) in [6, 6.07) is 2.90. The van der Waals surface area contributed by atoms with Gasteiger partial charge in [0, 0.05) is 25.7 Å². The van der Waals surface area contributed by atoms with E-state index in [2.05, 4.69) is 20.8 Å². The van der Waals surface area contributed by atoms with Crippen molar-refractivity contribution in [3.63, 3.8) is 0 Å². The Labute approximate surface area is 153 Å². The van der Waals surface area contributed by atoms with Crippen molar-refractivity contribution in [1.29, 1.82) is 0 Å². The molecule has 2 aliphatic heterocycles. The lowest BCUT2D eigenvalue weighted by atomic mass is 10.1. The molecule has 0 N–H and O–H groups in total. The maximum Gasteiger partial charge on any atom is 0.410 e. The molecule has 0 unspecified atom stereocenters. The van der Waals surface area contributed by atoms with E-state index in [4.69, 9.17) is 9.47 Å². The van der Waals surface area contributed by atoms with Gasteiger partial charge in [-0.1, -0.05) is 0 Å². The molecule has 0 saturated carbocycles. The molecule has 1 aromatic rings. The number of nitro benzene ring substituents is 1. The summed E-state index contributed by atoms with van der Waals surface area (Å²) in [6.45, 7) is 7.49. The monoisotopic (exact) mass is 413 g/mol. The molecule has 1 aromatic carbocycles. The summed E-state index contributed by atoms with van der Waals surface area (Å²) in [6.07, 6.45) is -0.333. The van der Waals surface area contributed by atoms with Gasteiger partial charge in [0.05, 0.1) is 27.2 Å². The third-order valence-electron chi connectivity index (χ3n) is 4.08. The molecule has 1 amide bonds. The lowest BCUT2D eigenvalue weighted by Crippen LogP contribution is -2.59. The van der Waals surface area contributed by atoms with Crippen molar-refractivity contribution in [2.75, 3.05) is 31.1 Å². The molecule has 8 nitrogen and oxygen atoms in total. The van der Waals surface area contributed by atoms with Crippen molar-refractivity contribution in [3.8, 4) is 5.75 Å². The quantitative estimate of drug-likeness (QED) is 0.519. The van der Waals surface area contributed by atoms with Gasteiger partial charge in [0.1, 0.15) is 12.2 Å². The number of halogens is 1. The molecule has 1 fully saturated rings. The summed E-state index contributed by atoms with van der Waals surface area (Å²) in [4.78, 5) is 26.7. The van der Waals surface area contributed by atoms with E-state index < -0.39 is 10.5 Å². The maximum atomic E-state index is 12.3. The summed E-state index contributed by atoms with van der Waals surface area (Å²) in [5.41, 5.74) is 0.244. The molecule has 2 aliphatic rings. The van der Waals surface area contributed by atoms with Crippen LogP contribution in [-0.2, 0) is 4.74 Å². The smallest absolute Gasteiger partial charge is 0.410 e. The van der Waals surface area contributed by atoms with Gasteiger partial charge in [-0.15, -0.1) is 0 Å². The van der Waals surface area contributed by atoms with Gasteiger partial charge in [-0.05, 0) is 36.7 Å². The molecule has 1 atom stereocenters. The number of amides is 1. The molecule has 2 heterocycles. The highest BCUT2D eigenvalue weighted by molar-refractivity contribution is 9.10. The maximum absolute atomic E-state index is 12.3. The Bertz CT molecular complexity index is 718. The number of fused-ring (bicyclic) bond motifs is 3. The van der Waals surface area contributed by atoms with Gasteiger partial charge in [-0.25, -0.2) is 4.79 Å². The Morgan fingerprint density at radius 1 is 1.40 bits per heavy atom. The van der Waals surface area contributed by atoms with Crippen LogP contribution in [0, 0.1) is 10.1 Å². The zero-order chi connectivity index (χ0) is 18.4. The summed E-state index contributed by atoms with van der Waals surface area (Å²) in [5, 5.41) is 11.0. The van der Waals surface area contributed by atoms with Crippen molar-refractivity contribution in [2.24, 2.45) is 0 Å². The Kier molecular flexibility index (Phi) is 4.52. The van der Waals surface area contributed by atoms with Gasteiger partial charge < -0.3 is 19.3 Å².